The van der Waals surface area contributed by atoms with Crippen molar-refractivity contribution in [1.82, 2.24) is 9.97 Å². The van der Waals surface area contributed by atoms with Gasteiger partial charge in [0.25, 0.3) is 0 Å². The summed E-state index contributed by atoms with van der Waals surface area (Å²) in [5, 5.41) is 0. The predicted molar refractivity (Wildman–Crippen MR) is 63.5 cm³/mol. The summed E-state index contributed by atoms with van der Waals surface area (Å²) >= 11 is 0. The van der Waals surface area contributed by atoms with Gasteiger partial charge in [0.15, 0.2) is 0 Å². The van der Waals surface area contributed by atoms with Crippen LogP contribution in [0.2, 0.25) is 0 Å². The number of rotatable bonds is 4. The fraction of sp³-hybridized carbons (Fsp3) is 0.615. The van der Waals surface area contributed by atoms with Gasteiger partial charge in [-0.3, -0.25) is 4.79 Å². The molecule has 0 bridgehead atoms. The summed E-state index contributed by atoms with van der Waals surface area (Å²) in [6, 6.07) is 1.91. The molecule has 4 heteroatoms. The minimum Gasteiger partial charge on any atom is -0.468 e. The molecule has 0 amide bonds. The van der Waals surface area contributed by atoms with Crippen molar-refractivity contribution in [2.24, 2.45) is 5.92 Å². The van der Waals surface area contributed by atoms with E-state index < -0.39 is 5.41 Å². The molecule has 0 aliphatic heterocycles. The maximum Gasteiger partial charge on any atom is 0.319 e. The summed E-state index contributed by atoms with van der Waals surface area (Å²) in [5.74, 6) is 0.965. The quantitative estimate of drug-likeness (QED) is 0.746. The molecule has 0 radical (unpaired) electrons. The standard InChI is InChI=1S/C13H18N2O2/c1-9(2)8-10-4-7-14-11(15-10)13(5-6-13)12(16)17-3/h4,7,9H,5-6,8H2,1-3H3. The number of hydrogen-bond donors (Lipinski definition) is 0. The maximum atomic E-state index is 11.7. The average molecular weight is 234 g/mol. The number of esters is 1. The zero-order valence-corrected chi connectivity index (χ0v) is 10.6. The Balaban J connectivity index is 2.25. The Morgan fingerprint density at radius 1 is 1.53 bits per heavy atom. The van der Waals surface area contributed by atoms with Crippen LogP contribution in [-0.4, -0.2) is 23.0 Å². The Morgan fingerprint density at radius 2 is 2.24 bits per heavy atom. The zero-order valence-electron chi connectivity index (χ0n) is 10.6. The first kappa shape index (κ1) is 12.0. The number of ether oxygens (including phenoxy) is 1. The lowest BCUT2D eigenvalue weighted by Crippen LogP contribution is -2.25. The lowest BCUT2D eigenvalue weighted by Gasteiger charge is -2.12. The second-order valence-corrected chi connectivity index (χ2v) is 5.04. The third kappa shape index (κ3) is 2.30. The molecule has 1 saturated carbocycles. The molecular weight excluding hydrogens is 216 g/mol. The summed E-state index contributed by atoms with van der Waals surface area (Å²) in [4.78, 5) is 20.5. The highest BCUT2D eigenvalue weighted by atomic mass is 16.5. The number of methoxy groups -OCH3 is 1. The van der Waals surface area contributed by atoms with E-state index >= 15 is 0 Å². The van der Waals surface area contributed by atoms with Crippen molar-refractivity contribution in [2.45, 2.75) is 38.5 Å². The van der Waals surface area contributed by atoms with Crippen LogP contribution >= 0.6 is 0 Å². The molecule has 1 aromatic heterocycles. The van der Waals surface area contributed by atoms with E-state index in [1.165, 1.54) is 7.11 Å². The minimum absolute atomic E-state index is 0.209. The number of nitrogens with zero attached hydrogens (tertiary/aromatic N) is 2. The number of carbonyl (C=O) groups is 1. The van der Waals surface area contributed by atoms with E-state index in [1.807, 2.05) is 6.07 Å². The largest absolute Gasteiger partial charge is 0.468 e. The Labute approximate surface area is 101 Å². The molecule has 2 rings (SSSR count). The summed E-state index contributed by atoms with van der Waals surface area (Å²) < 4.78 is 4.83. The molecule has 0 atom stereocenters. The fourth-order valence-corrected chi connectivity index (χ4v) is 2.00. The molecule has 1 aliphatic rings. The van der Waals surface area contributed by atoms with Crippen molar-refractivity contribution in [3.63, 3.8) is 0 Å². The highest BCUT2D eigenvalue weighted by Gasteiger charge is 2.55. The first-order valence-corrected chi connectivity index (χ1v) is 5.99. The zero-order chi connectivity index (χ0) is 12.5. The number of aromatic nitrogens is 2. The van der Waals surface area contributed by atoms with Crippen molar-refractivity contribution in [2.75, 3.05) is 7.11 Å². The number of carbonyl (C=O) groups excluding carboxylic acids is 1. The van der Waals surface area contributed by atoms with Crippen molar-refractivity contribution in [3.05, 3.63) is 23.8 Å². The number of hydrogen-bond acceptors (Lipinski definition) is 4. The highest BCUT2D eigenvalue weighted by Crippen LogP contribution is 2.47. The summed E-state index contributed by atoms with van der Waals surface area (Å²) in [7, 11) is 1.42. The van der Waals surface area contributed by atoms with Gasteiger partial charge in [-0.05, 0) is 31.2 Å². The van der Waals surface area contributed by atoms with Gasteiger partial charge in [0, 0.05) is 11.9 Å². The van der Waals surface area contributed by atoms with Gasteiger partial charge in [-0.2, -0.15) is 0 Å². The average Bonchev–Trinajstić information content (AvgIpc) is 3.09. The van der Waals surface area contributed by atoms with Crippen LogP contribution in [0.25, 0.3) is 0 Å². The Morgan fingerprint density at radius 3 is 2.76 bits per heavy atom. The van der Waals surface area contributed by atoms with E-state index in [9.17, 15) is 4.79 Å². The first-order valence-electron chi connectivity index (χ1n) is 5.99. The molecule has 17 heavy (non-hydrogen) atoms. The Bertz CT molecular complexity index is 425. The Kier molecular flexibility index (Phi) is 3.13. The normalized spacial score (nSPS) is 16.9. The lowest BCUT2D eigenvalue weighted by atomic mass is 10.1. The second-order valence-electron chi connectivity index (χ2n) is 5.04. The van der Waals surface area contributed by atoms with E-state index in [1.54, 1.807) is 6.20 Å². The van der Waals surface area contributed by atoms with Crippen LogP contribution in [0.4, 0.5) is 0 Å². The third-order valence-electron chi connectivity index (χ3n) is 3.08. The van der Waals surface area contributed by atoms with Crippen LogP contribution < -0.4 is 0 Å². The molecule has 0 spiro atoms. The van der Waals surface area contributed by atoms with Crippen LogP contribution in [0.15, 0.2) is 12.3 Å². The fourth-order valence-electron chi connectivity index (χ4n) is 2.00. The van der Waals surface area contributed by atoms with E-state index in [2.05, 4.69) is 23.8 Å². The minimum atomic E-state index is -0.554. The van der Waals surface area contributed by atoms with Gasteiger partial charge in [-0.1, -0.05) is 13.8 Å². The monoisotopic (exact) mass is 234 g/mol. The molecule has 1 fully saturated rings. The van der Waals surface area contributed by atoms with Crippen molar-refractivity contribution in [1.29, 1.82) is 0 Å². The van der Waals surface area contributed by atoms with E-state index in [0.29, 0.717) is 11.7 Å². The molecule has 1 aliphatic carbocycles. The molecule has 0 saturated heterocycles. The van der Waals surface area contributed by atoms with Gasteiger partial charge >= 0.3 is 5.97 Å². The molecule has 0 N–H and O–H groups in total. The van der Waals surface area contributed by atoms with Crippen molar-refractivity contribution >= 4 is 5.97 Å². The van der Waals surface area contributed by atoms with Gasteiger partial charge in [-0.25, -0.2) is 9.97 Å². The van der Waals surface area contributed by atoms with Crippen LogP contribution in [0.1, 0.15) is 38.2 Å². The van der Waals surface area contributed by atoms with Crippen LogP contribution in [0.5, 0.6) is 0 Å². The molecule has 1 aromatic rings. The topological polar surface area (TPSA) is 52.1 Å². The molecule has 92 valence electrons. The summed E-state index contributed by atoms with van der Waals surface area (Å²) in [6.45, 7) is 4.30. The predicted octanol–water partition coefficient (Wildman–Crippen LogP) is 1.88. The smallest absolute Gasteiger partial charge is 0.319 e. The highest BCUT2D eigenvalue weighted by molar-refractivity contribution is 5.85. The Hall–Kier alpha value is -1.45. The summed E-state index contributed by atoms with van der Waals surface area (Å²) in [6.07, 6.45) is 4.24. The second kappa shape index (κ2) is 4.43. The van der Waals surface area contributed by atoms with E-state index in [-0.39, 0.29) is 5.97 Å². The lowest BCUT2D eigenvalue weighted by molar-refractivity contribution is -0.143. The van der Waals surface area contributed by atoms with Crippen molar-refractivity contribution in [3.8, 4) is 0 Å². The van der Waals surface area contributed by atoms with Gasteiger partial charge in [0.1, 0.15) is 11.2 Å². The van der Waals surface area contributed by atoms with Crippen molar-refractivity contribution < 1.29 is 9.53 Å². The van der Waals surface area contributed by atoms with Gasteiger partial charge < -0.3 is 4.74 Å². The SMILES string of the molecule is COC(=O)C1(c2nccc(CC(C)C)n2)CC1. The van der Waals surface area contributed by atoms with Crippen LogP contribution in [0.3, 0.4) is 0 Å². The molecule has 1 heterocycles. The third-order valence-corrected chi connectivity index (χ3v) is 3.08. The van der Waals surface area contributed by atoms with E-state index in [0.717, 1.165) is 25.0 Å². The molecular formula is C13H18N2O2. The summed E-state index contributed by atoms with van der Waals surface area (Å²) in [5.41, 5.74) is 0.446. The van der Waals surface area contributed by atoms with Crippen LogP contribution in [-0.2, 0) is 21.4 Å². The van der Waals surface area contributed by atoms with Gasteiger partial charge in [0.05, 0.1) is 7.11 Å². The van der Waals surface area contributed by atoms with Gasteiger partial charge in [0.2, 0.25) is 0 Å². The molecule has 4 nitrogen and oxygen atoms in total. The van der Waals surface area contributed by atoms with Crippen LogP contribution in [0, 0.1) is 5.92 Å². The maximum absolute atomic E-state index is 11.7. The molecule has 0 unspecified atom stereocenters. The van der Waals surface area contributed by atoms with E-state index in [4.69, 9.17) is 4.74 Å². The molecule has 0 aromatic carbocycles. The van der Waals surface area contributed by atoms with Gasteiger partial charge in [-0.15, -0.1) is 0 Å². The first-order chi connectivity index (χ1) is 8.08.